The van der Waals surface area contributed by atoms with Crippen molar-refractivity contribution >= 4 is 35.4 Å². The SMILES string of the molecule is N[C@@H]1[C@@H](O)[C@H](O)[C@@H](CO[C@@H]2O[C@H](CO[C@]3(C(=O)O)C[C@@H](O[C@]4(C(=O)O)C[C@@H](O)[C@@H](O)[C@@H]([C@H](O)CO)O4)[C@@H](O[C@H]4O[C@H]([C@@H](O)CO)[C@@H](OP(=O)(O)O)[C@H](O[C@H]5O[C@H]([C@@H](O)CO[C@H]6O[C@H]([C@@H](O)CO)[C@@H](O)[C@H](O)[C@@H]6O)[C@@H](OP(=O)(O)O)[C@H](O[C@H]6O[C@H](CO)[C@@H](O)[C@H](O[C@@H]7O[C@H](CO)[C@@H](O)[C@H](O)[C@H]7O)[C@H]6O[C@H]6O[C@H](CO)[C@H](O)[C@H](O)[C@H]6O[C@H]6O[C@H](CO)[C@H](O)[C@H](O)[C@H]6O)[C@@H]5O)[C@@H]4O)[C@@H]([C@H](O)CO)O3)[C@@H](OP(=O)(O)O)[C@H](O)[C@H]2N)O[C@@H]1O. The second-order valence-corrected chi connectivity index (χ2v) is 39.7. The highest BCUT2D eigenvalue weighted by atomic mass is 31.2. The molecule has 0 amide bonds. The number of aliphatic hydroxyl groups excluding tert-OH is 33. The smallest absolute Gasteiger partial charge is 0.470 e. The van der Waals surface area contributed by atoms with E-state index in [4.69, 9.17) is 125 Å². The zero-order valence-corrected chi connectivity index (χ0v) is 78.9. The van der Waals surface area contributed by atoms with Crippen molar-refractivity contribution < 1.29 is 344 Å². The molecule has 0 aliphatic carbocycles. The lowest BCUT2D eigenvalue weighted by Gasteiger charge is -2.53. The molecule has 72 nitrogen and oxygen atoms in total. The van der Waals surface area contributed by atoms with Crippen LogP contribution in [0.4, 0.5) is 0 Å². The Morgan fingerprint density at radius 3 is 1.16 bits per heavy atom. The number of phosphoric acid groups is 3. The van der Waals surface area contributed by atoms with E-state index in [0.717, 1.165) is 0 Å². The lowest BCUT2D eigenvalue weighted by Crippen LogP contribution is -2.71. The molecule has 11 rings (SSSR count). The minimum atomic E-state index is -6.59. The molecule has 0 bridgehead atoms. The molecule has 11 saturated heterocycles. The van der Waals surface area contributed by atoms with Crippen molar-refractivity contribution in [2.45, 2.75) is 368 Å². The average molecular weight is 2250 g/mol. The summed E-state index contributed by atoms with van der Waals surface area (Å²) in [6.45, 7) is -16.4. The van der Waals surface area contributed by atoms with Crippen LogP contribution in [0.15, 0.2) is 0 Å². The standard InChI is InChI=1S/C73H127N2O70P3/c74-27-35(96)33(94)25(125-61(27)108)12-123-62-28(75)36(97)52(143-146(113,114)115)26(130-62)13-124-72(70(109)110)2-20(140-73(71(111)112)1-14(84)29(90)48(141-73)16(86)4-77)53(51(142-72)18(88)6-79)134-66-45(106)55(58(144-147(116,117)118)49(132-66)17(87)5-78)136-67-46(107)56(59(145-148(119,120)121)50(133-67)19(89)11-122-63-42(103)39(100)41(102)47(131-63)15(85)3-76)137-69-60(54(34(95)24(10-83)129-69)135-64-43(104)37(98)30(91)21(7-80)126-64)139-68-57(40(101)32(93)23(9-82)128-68)138-65-44(105)38(99)31(92)22(8-81)127-65/h14-69,76-108H,1-13,74-75H2,(H,109,110)(H,111,112)(H2,113,114,115)(H2,116,117,118)(H2,119,120,121)/t14-,15+,16-,17+,18-,19+,20-,21-,22-,23-,24-,25-,26-,27-,28-,29-,30-,31+,32+,33-,34-,35-,36-,37+,38+,39+,40+,41+,42+,43-,44-,45+,46+,47-,48-,49-,50-,51-,52-,53-,54+,55-,56-,57-,58-,59-,60-,61+,62-,63+,64+,65-,66-,67-,68-,69-,72-,73-/m1/s1. The van der Waals surface area contributed by atoms with Crippen molar-refractivity contribution in [3.63, 3.8) is 0 Å². The molecule has 11 heterocycles. The minimum absolute atomic E-state index is 1.03. The second-order valence-electron chi connectivity index (χ2n) is 36.1. The molecule has 148 heavy (non-hydrogen) atoms. The Morgan fingerprint density at radius 2 is 0.676 bits per heavy atom. The number of hydrogen-bond donors (Lipinski definition) is 43. The van der Waals surface area contributed by atoms with E-state index >= 15 is 0 Å². The monoisotopic (exact) mass is 2240 g/mol. The molecule has 0 aromatic carbocycles. The van der Waals surface area contributed by atoms with Crippen LogP contribution in [0.2, 0.25) is 0 Å². The number of aliphatic hydroxyl groups is 33. The first-order valence-corrected chi connectivity index (χ1v) is 49.5. The average Bonchev–Trinajstić information content (AvgIpc) is 0.735. The van der Waals surface area contributed by atoms with E-state index < -0.39 is 476 Å². The summed E-state index contributed by atoms with van der Waals surface area (Å²) in [6, 6.07) is -3.73. The summed E-state index contributed by atoms with van der Waals surface area (Å²) in [5.74, 6) is -12.9. The fraction of sp³-hybridized carbons (Fsp3) is 0.973. The van der Waals surface area contributed by atoms with E-state index in [0.29, 0.717) is 0 Å². The van der Waals surface area contributed by atoms with Crippen LogP contribution in [0, 0.1) is 0 Å². The largest absolute Gasteiger partial charge is 0.477 e. The highest BCUT2D eigenvalue weighted by Crippen LogP contribution is 2.51. The molecule has 0 aromatic rings. The first-order valence-electron chi connectivity index (χ1n) is 45.0. The molecule has 0 spiro atoms. The van der Waals surface area contributed by atoms with Crippen molar-refractivity contribution in [1.29, 1.82) is 0 Å². The number of aliphatic carboxylic acids is 2. The number of carboxylic acids is 2. The zero-order valence-electron chi connectivity index (χ0n) is 76.2. The van der Waals surface area contributed by atoms with E-state index in [2.05, 4.69) is 0 Å². The third-order valence-corrected chi connectivity index (χ3v) is 27.6. The predicted octanol–water partition coefficient (Wildman–Crippen LogP) is -26.9. The highest BCUT2D eigenvalue weighted by molar-refractivity contribution is 7.46. The predicted molar refractivity (Wildman–Crippen MR) is 439 cm³/mol. The maximum absolute atomic E-state index is 14.4. The van der Waals surface area contributed by atoms with E-state index in [1.807, 2.05) is 0 Å². The van der Waals surface area contributed by atoms with Gasteiger partial charge in [0.15, 0.2) is 56.6 Å². The van der Waals surface area contributed by atoms with Crippen molar-refractivity contribution in [3.05, 3.63) is 0 Å². The summed E-state index contributed by atoms with van der Waals surface area (Å²) in [5.41, 5.74) is 11.9. The summed E-state index contributed by atoms with van der Waals surface area (Å²) in [6.07, 6.45) is -146. The fourth-order valence-corrected chi connectivity index (χ4v) is 19.8. The number of phosphoric ester groups is 3. The van der Waals surface area contributed by atoms with Gasteiger partial charge in [0.2, 0.25) is 0 Å². The van der Waals surface area contributed by atoms with Gasteiger partial charge in [0, 0.05) is 12.8 Å². The van der Waals surface area contributed by atoms with Crippen LogP contribution < -0.4 is 11.5 Å². The quantitative estimate of drug-likeness (QED) is 0.0252. The molecule has 11 fully saturated rings. The first-order chi connectivity index (χ1) is 69.1. The van der Waals surface area contributed by atoms with Crippen LogP contribution in [0.5, 0.6) is 0 Å². The summed E-state index contributed by atoms with van der Waals surface area (Å²) in [5, 5.41) is 392. The summed E-state index contributed by atoms with van der Waals surface area (Å²) in [7, 11) is -19.1. The molecular weight excluding hydrogens is 2120 g/mol. The van der Waals surface area contributed by atoms with Crippen LogP contribution >= 0.6 is 23.5 Å². The maximum atomic E-state index is 14.4. The first kappa shape index (κ1) is 125. The van der Waals surface area contributed by atoms with Crippen LogP contribution in [0.1, 0.15) is 12.8 Å². The molecule has 0 aromatic heterocycles. The molecule has 75 heteroatoms. The van der Waals surface area contributed by atoms with Gasteiger partial charge in [-0.15, -0.1) is 0 Å². The van der Waals surface area contributed by atoms with E-state index in [1.54, 1.807) is 0 Å². The van der Waals surface area contributed by atoms with Crippen molar-refractivity contribution in [1.82, 2.24) is 0 Å². The minimum Gasteiger partial charge on any atom is -0.477 e. The number of nitrogens with two attached hydrogens (primary N) is 2. The molecule has 0 unspecified atom stereocenters. The molecule has 11 aliphatic rings. The Bertz CT molecular complexity index is 4280. The number of carboxylic acid groups (broad SMARTS) is 2. The molecule has 45 N–H and O–H groups in total. The summed E-state index contributed by atoms with van der Waals surface area (Å²) in [4.78, 5) is 92.3. The number of hydrogen-bond acceptors (Lipinski definition) is 64. The van der Waals surface area contributed by atoms with Crippen molar-refractivity contribution in [2.24, 2.45) is 11.5 Å². The summed E-state index contributed by atoms with van der Waals surface area (Å²) >= 11 is 0. The van der Waals surface area contributed by atoms with Crippen LogP contribution in [-0.2, 0) is 136 Å². The Kier molecular flexibility index (Phi) is 44.0. The van der Waals surface area contributed by atoms with Gasteiger partial charge >= 0.3 is 35.4 Å². The Hall–Kier alpha value is -2.97. The van der Waals surface area contributed by atoms with Gasteiger partial charge in [-0.25, -0.2) is 23.3 Å². The molecule has 0 saturated carbocycles. The fourth-order valence-electron chi connectivity index (χ4n) is 18.1. The highest BCUT2D eigenvalue weighted by Gasteiger charge is 2.68. The van der Waals surface area contributed by atoms with Crippen LogP contribution in [0.3, 0.4) is 0 Å². The van der Waals surface area contributed by atoms with Crippen LogP contribution in [0.25, 0.3) is 0 Å². The van der Waals surface area contributed by atoms with E-state index in [1.165, 1.54) is 0 Å². The van der Waals surface area contributed by atoms with Gasteiger partial charge < -0.3 is 319 Å². The van der Waals surface area contributed by atoms with Gasteiger partial charge in [0.1, 0.15) is 262 Å². The van der Waals surface area contributed by atoms with Gasteiger partial charge in [0.05, 0.1) is 97.0 Å². The van der Waals surface area contributed by atoms with Gasteiger partial charge in [-0.2, -0.15) is 0 Å². The topological polar surface area (TPSA) is 1190 Å². The van der Waals surface area contributed by atoms with E-state index in [9.17, 15) is 231 Å². The molecule has 11 aliphatic heterocycles. The molecular formula is C73H127N2O70P3. The molecule has 0 radical (unpaired) electrons. The third-order valence-electron chi connectivity index (χ3n) is 26.0. The normalized spacial score (nSPS) is 47.8. The molecule has 58 atom stereocenters. The van der Waals surface area contributed by atoms with Gasteiger partial charge in [-0.1, -0.05) is 0 Å². The van der Waals surface area contributed by atoms with Gasteiger partial charge in [0.25, 0.3) is 11.6 Å². The number of carbonyl (C=O) groups is 2. The Labute approximate surface area is 829 Å². The van der Waals surface area contributed by atoms with Crippen molar-refractivity contribution in [2.75, 3.05) is 72.7 Å². The number of ether oxygens (including phenoxy) is 21. The zero-order chi connectivity index (χ0) is 110. The lowest BCUT2D eigenvalue weighted by atomic mass is 9.89. The molecule has 864 valence electrons. The third kappa shape index (κ3) is 28.0. The van der Waals surface area contributed by atoms with Crippen molar-refractivity contribution in [3.8, 4) is 0 Å². The Morgan fingerprint density at radius 1 is 0.304 bits per heavy atom. The second kappa shape index (κ2) is 52.0. The van der Waals surface area contributed by atoms with Crippen LogP contribution in [-0.4, -0.2) is 648 Å². The lowest BCUT2D eigenvalue weighted by molar-refractivity contribution is -0.420. The Balaban J connectivity index is 1.06. The van der Waals surface area contributed by atoms with Gasteiger partial charge in [-0.3, -0.25) is 13.6 Å². The maximum Gasteiger partial charge on any atom is 0.470 e. The van der Waals surface area contributed by atoms with Gasteiger partial charge in [-0.05, 0) is 0 Å². The number of rotatable bonds is 44. The summed E-state index contributed by atoms with van der Waals surface area (Å²) < 4.78 is 177. The van der Waals surface area contributed by atoms with E-state index in [-0.39, 0.29) is 0 Å².